The first-order valence-corrected chi connectivity index (χ1v) is 12.2. The highest BCUT2D eigenvalue weighted by Crippen LogP contribution is 2.49. The summed E-state index contributed by atoms with van der Waals surface area (Å²) in [6.07, 6.45) is 0.739. The predicted molar refractivity (Wildman–Crippen MR) is 137 cm³/mol. The van der Waals surface area contributed by atoms with Crippen LogP contribution in [-0.4, -0.2) is 11.8 Å². The molecule has 36 heavy (non-hydrogen) atoms. The van der Waals surface area contributed by atoms with Crippen molar-refractivity contribution in [2.24, 2.45) is 5.73 Å². The standard InChI is InChI=1S/C29H21BrN2O4/c30-20-11-12-24(36-29(34)18-9-5-2-6-10-18)21(15-20)26-22(16-31)28(32)35-25-14-19(13-23(33)27(25)26)17-7-3-1-4-8-17/h1-12,15,19,26H,13-14,32H2/t19-,26+/m0/s1. The van der Waals surface area contributed by atoms with Crippen molar-refractivity contribution < 1.29 is 19.1 Å². The topological polar surface area (TPSA) is 102 Å². The molecule has 2 atom stereocenters. The number of esters is 1. The number of hydrogen-bond donors (Lipinski definition) is 1. The Morgan fingerprint density at radius 3 is 2.42 bits per heavy atom. The summed E-state index contributed by atoms with van der Waals surface area (Å²) in [5, 5.41) is 10.00. The average Bonchev–Trinajstić information content (AvgIpc) is 2.89. The molecule has 0 saturated carbocycles. The van der Waals surface area contributed by atoms with Crippen molar-refractivity contribution in [1.29, 1.82) is 5.26 Å². The van der Waals surface area contributed by atoms with Gasteiger partial charge in [0.05, 0.1) is 11.5 Å². The van der Waals surface area contributed by atoms with Gasteiger partial charge in [-0.2, -0.15) is 5.26 Å². The van der Waals surface area contributed by atoms with E-state index < -0.39 is 11.9 Å². The van der Waals surface area contributed by atoms with E-state index in [0.717, 1.165) is 5.56 Å². The highest BCUT2D eigenvalue weighted by Gasteiger charge is 2.42. The summed E-state index contributed by atoms with van der Waals surface area (Å²) in [5.41, 5.74) is 8.59. The monoisotopic (exact) mass is 540 g/mol. The summed E-state index contributed by atoms with van der Waals surface area (Å²) in [7, 11) is 0. The van der Waals surface area contributed by atoms with Gasteiger partial charge in [0.25, 0.3) is 0 Å². The van der Waals surface area contributed by atoms with Gasteiger partial charge in [0.1, 0.15) is 23.2 Å². The Hall–Kier alpha value is -4.15. The maximum atomic E-state index is 13.6. The Labute approximate surface area is 216 Å². The summed E-state index contributed by atoms with van der Waals surface area (Å²) in [6, 6.07) is 25.6. The summed E-state index contributed by atoms with van der Waals surface area (Å²) in [5.74, 6) is -0.925. The summed E-state index contributed by atoms with van der Waals surface area (Å²) < 4.78 is 12.3. The normalized spacial score (nSPS) is 19.3. The smallest absolute Gasteiger partial charge is 0.343 e. The van der Waals surface area contributed by atoms with Gasteiger partial charge in [-0.05, 0) is 41.8 Å². The minimum absolute atomic E-state index is 0.0527. The number of Topliss-reactive ketones (excluding diaryl/α,β-unsaturated/α-hetero) is 1. The number of rotatable bonds is 4. The van der Waals surface area contributed by atoms with Crippen molar-refractivity contribution in [3.63, 3.8) is 0 Å². The molecule has 0 fully saturated rings. The number of hydrogen-bond acceptors (Lipinski definition) is 6. The van der Waals surface area contributed by atoms with Crippen LogP contribution in [0.1, 0.15) is 46.2 Å². The second kappa shape index (κ2) is 9.84. The molecular weight excluding hydrogens is 520 g/mol. The van der Waals surface area contributed by atoms with E-state index in [1.807, 2.05) is 36.4 Å². The van der Waals surface area contributed by atoms with Crippen molar-refractivity contribution in [3.8, 4) is 11.8 Å². The van der Waals surface area contributed by atoms with E-state index in [9.17, 15) is 14.9 Å². The Bertz CT molecular complexity index is 1460. The van der Waals surface area contributed by atoms with Crippen molar-refractivity contribution >= 4 is 27.7 Å². The zero-order valence-electron chi connectivity index (χ0n) is 19.1. The lowest BCUT2D eigenvalue weighted by Gasteiger charge is -2.34. The van der Waals surface area contributed by atoms with Gasteiger partial charge in [-0.3, -0.25) is 4.79 Å². The molecule has 0 unspecified atom stereocenters. The minimum Gasteiger partial charge on any atom is -0.444 e. The number of nitriles is 1. The molecule has 6 nitrogen and oxygen atoms in total. The van der Waals surface area contributed by atoms with Gasteiger partial charge in [-0.15, -0.1) is 0 Å². The van der Waals surface area contributed by atoms with Crippen LogP contribution < -0.4 is 10.5 Å². The molecule has 5 rings (SSSR count). The molecule has 0 spiro atoms. The van der Waals surface area contributed by atoms with Crippen molar-refractivity contribution in [1.82, 2.24) is 0 Å². The van der Waals surface area contributed by atoms with Gasteiger partial charge in [-0.1, -0.05) is 64.5 Å². The Morgan fingerprint density at radius 1 is 1.03 bits per heavy atom. The van der Waals surface area contributed by atoms with Crippen molar-refractivity contribution in [2.75, 3.05) is 0 Å². The van der Waals surface area contributed by atoms with Gasteiger partial charge in [-0.25, -0.2) is 4.79 Å². The molecule has 3 aromatic rings. The second-order valence-electron chi connectivity index (χ2n) is 8.64. The zero-order chi connectivity index (χ0) is 25.2. The number of ketones is 1. The largest absolute Gasteiger partial charge is 0.444 e. The van der Waals surface area contributed by atoms with E-state index in [4.69, 9.17) is 15.2 Å². The van der Waals surface area contributed by atoms with E-state index in [1.54, 1.807) is 42.5 Å². The van der Waals surface area contributed by atoms with E-state index in [-0.39, 0.29) is 35.3 Å². The van der Waals surface area contributed by atoms with E-state index in [0.29, 0.717) is 33.4 Å². The molecular formula is C29H21BrN2O4. The molecule has 2 aliphatic rings. The number of carbonyl (C=O) groups is 2. The summed E-state index contributed by atoms with van der Waals surface area (Å²) in [4.78, 5) is 26.4. The first-order chi connectivity index (χ1) is 17.5. The molecule has 7 heteroatoms. The molecule has 178 valence electrons. The lowest BCUT2D eigenvalue weighted by Crippen LogP contribution is -2.30. The summed E-state index contributed by atoms with van der Waals surface area (Å²) >= 11 is 3.47. The van der Waals surface area contributed by atoms with E-state index in [1.165, 1.54) is 0 Å². The molecule has 0 radical (unpaired) electrons. The molecule has 0 saturated heterocycles. The minimum atomic E-state index is -0.820. The van der Waals surface area contributed by atoms with Crippen LogP contribution in [0.3, 0.4) is 0 Å². The first kappa shape index (κ1) is 23.6. The lowest BCUT2D eigenvalue weighted by molar-refractivity contribution is -0.117. The quantitative estimate of drug-likeness (QED) is 0.327. The zero-order valence-corrected chi connectivity index (χ0v) is 20.7. The molecule has 0 bridgehead atoms. The van der Waals surface area contributed by atoms with E-state index >= 15 is 0 Å². The van der Waals surface area contributed by atoms with Crippen LogP contribution in [-0.2, 0) is 9.53 Å². The molecule has 1 aliphatic heterocycles. The third-order valence-electron chi connectivity index (χ3n) is 6.43. The molecule has 0 aromatic heterocycles. The van der Waals surface area contributed by atoms with Crippen molar-refractivity contribution in [2.45, 2.75) is 24.7 Å². The van der Waals surface area contributed by atoms with Crippen LogP contribution in [0.5, 0.6) is 5.75 Å². The Morgan fingerprint density at radius 2 is 1.72 bits per heavy atom. The van der Waals surface area contributed by atoms with Crippen molar-refractivity contribution in [3.05, 3.63) is 123 Å². The Kier molecular flexibility index (Phi) is 6.45. The lowest BCUT2D eigenvalue weighted by atomic mass is 9.73. The fourth-order valence-corrected chi connectivity index (χ4v) is 5.13. The van der Waals surface area contributed by atoms with Crippen LogP contribution in [0.25, 0.3) is 0 Å². The number of halogens is 1. The molecule has 1 heterocycles. The van der Waals surface area contributed by atoms with Crippen LogP contribution in [0.2, 0.25) is 0 Å². The van der Waals surface area contributed by atoms with E-state index in [2.05, 4.69) is 22.0 Å². The van der Waals surface area contributed by atoms with Crippen LogP contribution in [0.15, 0.2) is 106 Å². The average molecular weight is 541 g/mol. The molecule has 2 N–H and O–H groups in total. The fraction of sp³-hybridized carbons (Fsp3) is 0.138. The summed E-state index contributed by atoms with van der Waals surface area (Å²) in [6.45, 7) is 0. The van der Waals surface area contributed by atoms with Crippen LogP contribution in [0, 0.1) is 11.3 Å². The number of ether oxygens (including phenoxy) is 2. The number of carbonyl (C=O) groups excluding carboxylic acids is 2. The predicted octanol–water partition coefficient (Wildman–Crippen LogP) is 5.88. The number of allylic oxidation sites excluding steroid dienone is 3. The number of nitrogens with two attached hydrogens (primary N) is 1. The SMILES string of the molecule is N#CC1=C(N)OC2=C(C(=O)C[C@H](c3ccccc3)C2)[C@@H]1c1cc(Br)ccc1OC(=O)c1ccccc1. The highest BCUT2D eigenvalue weighted by molar-refractivity contribution is 9.10. The second-order valence-corrected chi connectivity index (χ2v) is 9.55. The van der Waals surface area contributed by atoms with Gasteiger partial charge < -0.3 is 15.2 Å². The van der Waals surface area contributed by atoms with Crippen LogP contribution in [0.4, 0.5) is 0 Å². The molecule has 0 amide bonds. The van der Waals surface area contributed by atoms with Gasteiger partial charge in [0.2, 0.25) is 5.88 Å². The van der Waals surface area contributed by atoms with Gasteiger partial charge in [0.15, 0.2) is 5.78 Å². The van der Waals surface area contributed by atoms with Gasteiger partial charge >= 0.3 is 5.97 Å². The maximum absolute atomic E-state index is 13.6. The van der Waals surface area contributed by atoms with Gasteiger partial charge in [0, 0.05) is 28.5 Å². The number of benzene rings is 3. The Balaban J connectivity index is 1.59. The third-order valence-corrected chi connectivity index (χ3v) is 6.92. The highest BCUT2D eigenvalue weighted by atomic mass is 79.9. The maximum Gasteiger partial charge on any atom is 0.343 e. The third kappa shape index (κ3) is 4.43. The molecule has 1 aliphatic carbocycles. The number of nitrogens with zero attached hydrogens (tertiary/aromatic N) is 1. The fourth-order valence-electron chi connectivity index (χ4n) is 4.75. The van der Waals surface area contributed by atoms with Crippen LogP contribution >= 0.6 is 15.9 Å². The molecule has 3 aromatic carbocycles. The first-order valence-electron chi connectivity index (χ1n) is 11.4.